The van der Waals surface area contributed by atoms with Crippen LogP contribution >= 0.6 is 0 Å². The lowest BCUT2D eigenvalue weighted by Crippen LogP contribution is -2.41. The van der Waals surface area contributed by atoms with Crippen LogP contribution in [0.2, 0.25) is 0 Å². The second kappa shape index (κ2) is 6.67. The van der Waals surface area contributed by atoms with Gasteiger partial charge in [-0.25, -0.2) is 8.78 Å². The van der Waals surface area contributed by atoms with Gasteiger partial charge in [-0.15, -0.1) is 0 Å². The van der Waals surface area contributed by atoms with Crippen molar-refractivity contribution in [2.24, 2.45) is 5.92 Å². The van der Waals surface area contributed by atoms with Crippen molar-refractivity contribution in [3.8, 4) is 5.75 Å². The van der Waals surface area contributed by atoms with Gasteiger partial charge >= 0.3 is 0 Å². The van der Waals surface area contributed by atoms with Crippen molar-refractivity contribution in [2.45, 2.75) is 25.5 Å². The van der Waals surface area contributed by atoms with E-state index in [4.69, 9.17) is 9.84 Å². The normalized spacial score (nSPS) is 22.1. The second-order valence-electron chi connectivity index (χ2n) is 5.01. The number of carbonyl (C=O) groups excluding carboxylic acids is 1. The summed E-state index contributed by atoms with van der Waals surface area (Å²) in [5.41, 5.74) is 0. The first-order valence-corrected chi connectivity index (χ1v) is 6.71. The molecule has 0 spiro atoms. The van der Waals surface area contributed by atoms with Gasteiger partial charge in [0.05, 0.1) is 0 Å². The highest BCUT2D eigenvalue weighted by Crippen LogP contribution is 2.19. The largest absolute Gasteiger partial charge is 0.481 e. The highest BCUT2D eigenvalue weighted by Gasteiger charge is 2.23. The molecular formula is C15H17F2NO3. The minimum atomic E-state index is -1.02. The van der Waals surface area contributed by atoms with Gasteiger partial charge in [0.1, 0.15) is 5.75 Å². The molecule has 1 amide bonds. The number of ether oxygens (including phenoxy) is 1. The molecule has 6 heteroatoms. The second-order valence-corrected chi connectivity index (χ2v) is 5.01. The molecule has 0 heterocycles. The molecule has 0 bridgehead atoms. The molecule has 0 aliphatic heterocycles. The van der Waals surface area contributed by atoms with E-state index in [2.05, 4.69) is 5.32 Å². The van der Waals surface area contributed by atoms with Gasteiger partial charge in [-0.1, -0.05) is 12.2 Å². The van der Waals surface area contributed by atoms with Crippen LogP contribution in [-0.4, -0.2) is 29.8 Å². The number of halogens is 2. The van der Waals surface area contributed by atoms with Crippen molar-refractivity contribution in [3.05, 3.63) is 42.0 Å². The molecule has 2 N–H and O–H groups in total. The molecule has 114 valence electrons. The smallest absolute Gasteiger partial charge is 0.261 e. The maximum Gasteiger partial charge on any atom is 0.261 e. The SMILES string of the molecule is CC(Oc1ccc(F)c(F)c1)C(=O)N[C@@H]1C=C[C@H](CO)C1. The molecule has 0 radical (unpaired) electrons. The molecule has 1 aromatic rings. The van der Waals surface area contributed by atoms with Crippen molar-refractivity contribution >= 4 is 5.91 Å². The molecule has 0 fully saturated rings. The minimum absolute atomic E-state index is 0.0454. The number of carbonyl (C=O) groups is 1. The molecule has 2 rings (SSSR count). The van der Waals surface area contributed by atoms with Crippen molar-refractivity contribution < 1.29 is 23.4 Å². The van der Waals surface area contributed by atoms with E-state index >= 15 is 0 Å². The third-order valence-electron chi connectivity index (χ3n) is 3.31. The summed E-state index contributed by atoms with van der Waals surface area (Å²) in [6.45, 7) is 1.57. The average molecular weight is 297 g/mol. The number of aliphatic hydroxyl groups is 1. The fourth-order valence-corrected chi connectivity index (χ4v) is 2.12. The highest BCUT2D eigenvalue weighted by molar-refractivity contribution is 5.81. The van der Waals surface area contributed by atoms with Crippen LogP contribution in [0.1, 0.15) is 13.3 Å². The molecule has 0 aromatic heterocycles. The Morgan fingerprint density at radius 1 is 1.43 bits per heavy atom. The van der Waals surface area contributed by atoms with Crippen molar-refractivity contribution in [2.75, 3.05) is 6.61 Å². The molecule has 0 saturated carbocycles. The van der Waals surface area contributed by atoms with Crippen molar-refractivity contribution in [1.29, 1.82) is 0 Å². The van der Waals surface area contributed by atoms with Gasteiger partial charge in [0.2, 0.25) is 0 Å². The first kappa shape index (κ1) is 15.4. The Morgan fingerprint density at radius 2 is 2.19 bits per heavy atom. The third kappa shape index (κ3) is 4.01. The molecule has 4 nitrogen and oxygen atoms in total. The lowest BCUT2D eigenvalue weighted by molar-refractivity contribution is -0.127. The lowest BCUT2D eigenvalue weighted by atomic mass is 10.1. The monoisotopic (exact) mass is 297 g/mol. The number of hydrogen-bond acceptors (Lipinski definition) is 3. The fourth-order valence-electron chi connectivity index (χ4n) is 2.12. The number of rotatable bonds is 5. The van der Waals surface area contributed by atoms with Crippen LogP contribution in [0.4, 0.5) is 8.78 Å². The van der Waals surface area contributed by atoms with E-state index in [1.54, 1.807) is 0 Å². The number of nitrogens with one attached hydrogen (secondary N) is 1. The zero-order valence-electron chi connectivity index (χ0n) is 11.6. The fraction of sp³-hybridized carbons (Fsp3) is 0.400. The zero-order chi connectivity index (χ0) is 15.4. The Bertz CT molecular complexity index is 548. The molecule has 21 heavy (non-hydrogen) atoms. The molecule has 0 saturated heterocycles. The van der Waals surface area contributed by atoms with E-state index < -0.39 is 17.7 Å². The third-order valence-corrected chi connectivity index (χ3v) is 3.31. The van der Waals surface area contributed by atoms with Gasteiger partial charge in [0.15, 0.2) is 17.7 Å². The van der Waals surface area contributed by atoms with E-state index in [0.29, 0.717) is 6.42 Å². The van der Waals surface area contributed by atoms with Gasteiger partial charge < -0.3 is 15.2 Å². The van der Waals surface area contributed by atoms with E-state index in [1.807, 2.05) is 12.2 Å². The molecule has 1 aliphatic rings. The van der Waals surface area contributed by atoms with E-state index in [9.17, 15) is 13.6 Å². The Kier molecular flexibility index (Phi) is 4.90. The molecule has 1 unspecified atom stereocenters. The molecule has 1 aliphatic carbocycles. The molecule has 3 atom stereocenters. The predicted molar refractivity (Wildman–Crippen MR) is 72.7 cm³/mol. The Hall–Kier alpha value is -1.95. The number of benzene rings is 1. The minimum Gasteiger partial charge on any atom is -0.481 e. The summed E-state index contributed by atoms with van der Waals surface area (Å²) in [6, 6.07) is 2.96. The maximum atomic E-state index is 13.1. The summed E-state index contributed by atoms with van der Waals surface area (Å²) in [5.74, 6) is -2.20. The molecular weight excluding hydrogens is 280 g/mol. The first-order valence-electron chi connectivity index (χ1n) is 6.71. The van der Waals surface area contributed by atoms with Crippen LogP contribution in [0.3, 0.4) is 0 Å². The zero-order valence-corrected chi connectivity index (χ0v) is 11.6. The lowest BCUT2D eigenvalue weighted by Gasteiger charge is -2.18. The average Bonchev–Trinajstić information content (AvgIpc) is 2.90. The van der Waals surface area contributed by atoms with Gasteiger partial charge in [-0.2, -0.15) is 0 Å². The van der Waals surface area contributed by atoms with E-state index in [0.717, 1.165) is 12.1 Å². The number of aliphatic hydroxyl groups excluding tert-OH is 1. The summed E-state index contributed by atoms with van der Waals surface area (Å²) >= 11 is 0. The number of hydrogen-bond donors (Lipinski definition) is 2. The standard InChI is InChI=1S/C15H17F2NO3/c1-9(21-12-4-5-13(16)14(17)7-12)15(20)18-11-3-2-10(6-11)8-19/h2-5,7,9-11,19H,6,8H2,1H3,(H,18,20)/t9?,10-,11+/m0/s1. The Labute approximate surface area is 121 Å². The van der Waals surface area contributed by atoms with E-state index in [1.165, 1.54) is 13.0 Å². The van der Waals surface area contributed by atoms with Gasteiger partial charge in [-0.05, 0) is 25.5 Å². The number of amides is 1. The van der Waals surface area contributed by atoms with Gasteiger partial charge in [0.25, 0.3) is 5.91 Å². The topological polar surface area (TPSA) is 58.6 Å². The van der Waals surface area contributed by atoms with Crippen LogP contribution in [0.25, 0.3) is 0 Å². The summed E-state index contributed by atoms with van der Waals surface area (Å²) in [4.78, 5) is 11.9. The quantitative estimate of drug-likeness (QED) is 0.815. The van der Waals surface area contributed by atoms with Crippen molar-refractivity contribution in [3.63, 3.8) is 0 Å². The highest BCUT2D eigenvalue weighted by atomic mass is 19.2. The molecule has 1 aromatic carbocycles. The Balaban J connectivity index is 1.88. The van der Waals surface area contributed by atoms with Crippen LogP contribution in [0.5, 0.6) is 5.75 Å². The van der Waals surface area contributed by atoms with Crippen LogP contribution < -0.4 is 10.1 Å². The van der Waals surface area contributed by atoms with E-state index in [-0.39, 0.29) is 30.2 Å². The van der Waals surface area contributed by atoms with Crippen LogP contribution in [0, 0.1) is 17.6 Å². The summed E-state index contributed by atoms with van der Waals surface area (Å²) in [5, 5.41) is 11.8. The summed E-state index contributed by atoms with van der Waals surface area (Å²) in [6.07, 6.45) is 3.48. The maximum absolute atomic E-state index is 13.1. The van der Waals surface area contributed by atoms with Crippen molar-refractivity contribution in [1.82, 2.24) is 5.32 Å². The predicted octanol–water partition coefficient (Wildman–Crippen LogP) is 1.79. The first-order chi connectivity index (χ1) is 9.99. The van der Waals surface area contributed by atoms with Crippen LogP contribution in [0.15, 0.2) is 30.4 Å². The van der Waals surface area contributed by atoms with Gasteiger partial charge in [0, 0.05) is 24.6 Å². The summed E-state index contributed by atoms with van der Waals surface area (Å²) in [7, 11) is 0. The summed E-state index contributed by atoms with van der Waals surface area (Å²) < 4.78 is 31.1. The Morgan fingerprint density at radius 3 is 2.81 bits per heavy atom. The van der Waals surface area contributed by atoms with Crippen LogP contribution in [-0.2, 0) is 4.79 Å². The van der Waals surface area contributed by atoms with Gasteiger partial charge in [-0.3, -0.25) is 4.79 Å².